The van der Waals surface area contributed by atoms with Crippen molar-refractivity contribution in [1.29, 1.82) is 0 Å². The van der Waals surface area contributed by atoms with Gasteiger partial charge < -0.3 is 19.9 Å². The molecule has 7 heteroatoms. The Labute approximate surface area is 185 Å². The number of likely N-dealkylation sites (tertiary alicyclic amines) is 1. The number of para-hydroxylation sites is 1. The number of hydrogen-bond acceptors (Lipinski definition) is 6. The normalized spacial score (nSPS) is 15.4. The first kappa shape index (κ1) is 22.6. The van der Waals surface area contributed by atoms with E-state index < -0.39 is 0 Å². The number of hydrogen-bond donors (Lipinski definition) is 1. The van der Waals surface area contributed by atoms with Gasteiger partial charge >= 0.3 is 0 Å². The van der Waals surface area contributed by atoms with Crippen LogP contribution in [0.5, 0.6) is 5.75 Å². The number of rotatable bonds is 10. The lowest BCUT2D eigenvalue weighted by atomic mass is 9.95. The summed E-state index contributed by atoms with van der Waals surface area (Å²) in [5.41, 5.74) is 0. The van der Waals surface area contributed by atoms with Crippen LogP contribution in [0.25, 0.3) is 0 Å². The molecule has 0 unspecified atom stereocenters. The van der Waals surface area contributed by atoms with Crippen molar-refractivity contribution >= 4 is 23.2 Å². The summed E-state index contributed by atoms with van der Waals surface area (Å²) in [7, 11) is 2.11. The summed E-state index contributed by atoms with van der Waals surface area (Å²) in [5.74, 6) is 4.64. The Balaban J connectivity index is 1.42. The summed E-state index contributed by atoms with van der Waals surface area (Å²) in [4.78, 5) is 13.6. The number of piperidine rings is 1. The van der Waals surface area contributed by atoms with Crippen LogP contribution in [-0.2, 0) is 0 Å². The fraction of sp³-hybridized carbons (Fsp3) is 0.522. The van der Waals surface area contributed by atoms with Gasteiger partial charge in [0.15, 0.2) is 0 Å². The predicted molar refractivity (Wildman–Crippen MR) is 124 cm³/mol. The number of nitrogens with zero attached hydrogens (tertiary/aromatic N) is 4. The fourth-order valence-electron chi connectivity index (χ4n) is 3.81. The third-order valence-electron chi connectivity index (χ3n) is 5.33. The molecule has 1 N–H and O–H groups in total. The molecule has 0 atom stereocenters. The molecule has 1 radical (unpaired) electrons. The van der Waals surface area contributed by atoms with Crippen LogP contribution in [0.1, 0.15) is 26.7 Å². The summed E-state index contributed by atoms with van der Waals surface area (Å²) in [6.45, 7) is 10.1. The molecule has 0 aliphatic carbocycles. The highest BCUT2D eigenvalue weighted by Crippen LogP contribution is 2.23. The number of anilines is 2. The van der Waals surface area contributed by atoms with Gasteiger partial charge in [0, 0.05) is 26.2 Å². The molecule has 30 heavy (non-hydrogen) atoms. The van der Waals surface area contributed by atoms with Gasteiger partial charge in [-0.3, -0.25) is 0 Å². The van der Waals surface area contributed by atoms with Crippen LogP contribution < -0.4 is 15.0 Å². The van der Waals surface area contributed by atoms with E-state index >= 15 is 0 Å². The van der Waals surface area contributed by atoms with Crippen LogP contribution in [-0.4, -0.2) is 61.2 Å². The van der Waals surface area contributed by atoms with Gasteiger partial charge in [0.25, 0.3) is 0 Å². The standard InChI is InChI=1S/C23H33ClN5O/c1-18(2)15-29-11-8-19(9-12-29)16-28(3)23-14-22(26-17-27-23)25-10-13-30-21-7-5-4-6-20(21)24/h4-7,14,17,19H,8-13,15-16H2,1-3H3,(H,25,26,27). The largest absolute Gasteiger partial charge is 0.490 e. The second kappa shape index (κ2) is 11.4. The molecule has 6 nitrogen and oxygen atoms in total. The fourth-order valence-corrected chi connectivity index (χ4v) is 4.00. The third kappa shape index (κ3) is 7.03. The maximum Gasteiger partial charge on any atom is 0.137 e. The molecule has 1 fully saturated rings. The van der Waals surface area contributed by atoms with E-state index in [4.69, 9.17) is 16.3 Å². The van der Waals surface area contributed by atoms with Gasteiger partial charge in [0.1, 0.15) is 30.3 Å². The molecule has 0 spiro atoms. The molecule has 1 aromatic carbocycles. The molecule has 0 amide bonds. The number of nitrogens with one attached hydrogen (secondary N) is 1. The molecule has 0 bridgehead atoms. The van der Waals surface area contributed by atoms with Crippen LogP contribution in [0.3, 0.4) is 0 Å². The highest BCUT2D eigenvalue weighted by molar-refractivity contribution is 6.32. The van der Waals surface area contributed by atoms with Gasteiger partial charge in [-0.05, 0) is 49.9 Å². The number of halogens is 1. The quantitative estimate of drug-likeness (QED) is 0.564. The molecule has 3 rings (SSSR count). The highest BCUT2D eigenvalue weighted by Gasteiger charge is 2.21. The van der Waals surface area contributed by atoms with Gasteiger partial charge in [0.2, 0.25) is 0 Å². The van der Waals surface area contributed by atoms with Crippen LogP contribution in [0.2, 0.25) is 5.02 Å². The Morgan fingerprint density at radius 2 is 2.00 bits per heavy atom. The predicted octanol–water partition coefficient (Wildman–Crippen LogP) is 4.38. The molecule has 2 heterocycles. The van der Waals surface area contributed by atoms with E-state index in [0.717, 1.165) is 24.7 Å². The van der Waals surface area contributed by atoms with E-state index in [0.29, 0.717) is 29.8 Å². The maximum atomic E-state index is 6.11. The summed E-state index contributed by atoms with van der Waals surface area (Å²) in [6, 6.07) is 9.49. The van der Waals surface area contributed by atoms with Crippen LogP contribution in [0.4, 0.5) is 11.6 Å². The average Bonchev–Trinajstić information content (AvgIpc) is 2.73. The minimum absolute atomic E-state index is 0.506. The second-order valence-electron chi connectivity index (χ2n) is 8.27. The average molecular weight is 431 g/mol. The van der Waals surface area contributed by atoms with Crippen molar-refractivity contribution in [2.45, 2.75) is 26.7 Å². The van der Waals surface area contributed by atoms with Gasteiger partial charge in [-0.1, -0.05) is 37.6 Å². The minimum atomic E-state index is 0.506. The Kier molecular flexibility index (Phi) is 8.58. The second-order valence-corrected chi connectivity index (χ2v) is 8.68. The molecular formula is C23H33ClN5O. The smallest absolute Gasteiger partial charge is 0.137 e. The zero-order valence-corrected chi connectivity index (χ0v) is 19.0. The van der Waals surface area contributed by atoms with Crippen LogP contribution in [0.15, 0.2) is 36.7 Å². The summed E-state index contributed by atoms with van der Waals surface area (Å²) in [5, 5.41) is 3.92. The van der Waals surface area contributed by atoms with Crippen molar-refractivity contribution in [1.82, 2.24) is 14.9 Å². The molecule has 1 aromatic heterocycles. The maximum absolute atomic E-state index is 6.11. The molecule has 1 aliphatic heterocycles. The molecule has 0 saturated carbocycles. The van der Waals surface area contributed by atoms with Gasteiger partial charge in [-0.15, -0.1) is 0 Å². The zero-order valence-electron chi connectivity index (χ0n) is 18.3. The van der Waals surface area contributed by atoms with E-state index in [-0.39, 0.29) is 0 Å². The van der Waals surface area contributed by atoms with Crippen molar-refractivity contribution in [3.05, 3.63) is 47.6 Å². The lowest BCUT2D eigenvalue weighted by Gasteiger charge is -2.34. The molecule has 163 valence electrons. The van der Waals surface area contributed by atoms with E-state index in [2.05, 4.69) is 46.0 Å². The van der Waals surface area contributed by atoms with E-state index in [1.54, 1.807) is 6.33 Å². The van der Waals surface area contributed by atoms with E-state index in [1.165, 1.54) is 31.8 Å². The SMILES string of the molecule is C[C](C)CN1CCC(CN(C)c2cc(NCCOc3ccccc3Cl)ncn2)CC1. The van der Waals surface area contributed by atoms with Crippen molar-refractivity contribution < 1.29 is 4.74 Å². The first-order valence-electron chi connectivity index (χ1n) is 10.7. The van der Waals surface area contributed by atoms with Crippen LogP contribution in [0, 0.1) is 11.8 Å². The first-order chi connectivity index (χ1) is 14.5. The lowest BCUT2D eigenvalue weighted by Crippen LogP contribution is -2.39. The first-order valence-corrected chi connectivity index (χ1v) is 11.0. The monoisotopic (exact) mass is 430 g/mol. The molecular weight excluding hydrogens is 398 g/mol. The minimum Gasteiger partial charge on any atom is -0.490 e. The van der Waals surface area contributed by atoms with Crippen molar-refractivity contribution in [3.63, 3.8) is 0 Å². The Morgan fingerprint density at radius 3 is 2.73 bits per heavy atom. The Morgan fingerprint density at radius 1 is 1.23 bits per heavy atom. The van der Waals surface area contributed by atoms with E-state index in [9.17, 15) is 0 Å². The summed E-state index contributed by atoms with van der Waals surface area (Å²) in [6.07, 6.45) is 4.10. The number of ether oxygens (including phenoxy) is 1. The molecule has 1 saturated heterocycles. The van der Waals surface area contributed by atoms with E-state index in [1.807, 2.05) is 30.3 Å². The highest BCUT2D eigenvalue weighted by atomic mass is 35.5. The van der Waals surface area contributed by atoms with Gasteiger partial charge in [-0.25, -0.2) is 9.97 Å². The summed E-state index contributed by atoms with van der Waals surface area (Å²) >= 11 is 6.11. The third-order valence-corrected chi connectivity index (χ3v) is 5.64. The summed E-state index contributed by atoms with van der Waals surface area (Å²) < 4.78 is 5.72. The molecule has 2 aromatic rings. The van der Waals surface area contributed by atoms with Gasteiger partial charge in [0.05, 0.1) is 11.6 Å². The van der Waals surface area contributed by atoms with Crippen molar-refractivity contribution in [2.24, 2.45) is 5.92 Å². The zero-order chi connectivity index (χ0) is 21.3. The lowest BCUT2D eigenvalue weighted by molar-refractivity contribution is 0.193. The topological polar surface area (TPSA) is 53.5 Å². The van der Waals surface area contributed by atoms with Gasteiger partial charge in [-0.2, -0.15) is 0 Å². The Hall–Kier alpha value is -2.05. The molecule has 1 aliphatic rings. The van der Waals surface area contributed by atoms with Crippen LogP contribution >= 0.6 is 11.6 Å². The Bertz CT molecular complexity index is 780. The van der Waals surface area contributed by atoms with Crippen molar-refractivity contribution in [3.8, 4) is 5.75 Å². The van der Waals surface area contributed by atoms with Crippen molar-refractivity contribution in [2.75, 3.05) is 56.6 Å². The number of benzene rings is 1. The number of aromatic nitrogens is 2.